The number of ketones is 1. The van der Waals surface area contributed by atoms with Crippen LogP contribution in [0.4, 0.5) is 0 Å². The number of carbonyl (C=O) groups excluding carboxylic acids is 2. The van der Waals surface area contributed by atoms with Crippen LogP contribution in [0.15, 0.2) is 48.0 Å². The van der Waals surface area contributed by atoms with Gasteiger partial charge in [0.25, 0.3) is 11.7 Å². The maximum absolute atomic E-state index is 13.2. The summed E-state index contributed by atoms with van der Waals surface area (Å²) in [5.74, 6) is -0.546. The van der Waals surface area contributed by atoms with Gasteiger partial charge >= 0.3 is 0 Å². The summed E-state index contributed by atoms with van der Waals surface area (Å²) in [6, 6.07) is 11.0. The number of likely N-dealkylation sites (N-methyl/N-ethyl adjacent to an activating group) is 1. The molecule has 8 heteroatoms. The summed E-state index contributed by atoms with van der Waals surface area (Å²) in [5.41, 5.74) is 1.10. The third-order valence-corrected chi connectivity index (χ3v) is 6.26. The molecule has 182 valence electrons. The van der Waals surface area contributed by atoms with Crippen molar-refractivity contribution in [2.24, 2.45) is 0 Å². The SMILES string of the molecule is CCOc1ccc([C@H]2/C(=C(\O)c3ccc(Cl)cc3)C(=O)C(=O)N2CCN(CC)CC)cc1OC. The predicted molar refractivity (Wildman–Crippen MR) is 132 cm³/mol. The fourth-order valence-corrected chi connectivity index (χ4v) is 4.26. The molecule has 1 fully saturated rings. The Hall–Kier alpha value is -3.03. The van der Waals surface area contributed by atoms with Crippen LogP contribution in [0.5, 0.6) is 11.5 Å². The summed E-state index contributed by atoms with van der Waals surface area (Å²) in [7, 11) is 1.53. The number of halogens is 1. The number of carbonyl (C=O) groups is 2. The van der Waals surface area contributed by atoms with Crippen LogP contribution in [0.3, 0.4) is 0 Å². The quantitative estimate of drug-likeness (QED) is 0.302. The highest BCUT2D eigenvalue weighted by atomic mass is 35.5. The molecule has 0 saturated carbocycles. The standard InChI is InChI=1S/C26H31ClN2O5/c1-5-28(6-2)14-15-29-23(18-10-13-20(34-7-3)21(16-18)33-4)22(25(31)26(29)32)24(30)17-8-11-19(27)12-9-17/h8-13,16,23,30H,5-7,14-15H2,1-4H3/b24-22+/t23-/m0/s1. The number of Topliss-reactive ketones (excluding diaryl/α,β-unsaturated/α-hetero) is 1. The second kappa shape index (κ2) is 11.4. The monoisotopic (exact) mass is 486 g/mol. The zero-order chi connectivity index (χ0) is 24.8. The van der Waals surface area contributed by atoms with Crippen LogP contribution in [-0.4, -0.2) is 66.5 Å². The van der Waals surface area contributed by atoms with E-state index in [2.05, 4.69) is 4.90 Å². The minimum atomic E-state index is -0.768. The third kappa shape index (κ3) is 5.21. The van der Waals surface area contributed by atoms with Gasteiger partial charge in [-0.3, -0.25) is 9.59 Å². The van der Waals surface area contributed by atoms with Crippen molar-refractivity contribution in [1.29, 1.82) is 0 Å². The second-order valence-corrected chi connectivity index (χ2v) is 8.31. The van der Waals surface area contributed by atoms with Gasteiger partial charge in [-0.1, -0.05) is 31.5 Å². The Morgan fingerprint density at radius 2 is 1.74 bits per heavy atom. The van der Waals surface area contributed by atoms with E-state index in [9.17, 15) is 14.7 Å². The Morgan fingerprint density at radius 3 is 2.32 bits per heavy atom. The number of amides is 1. The molecule has 1 aliphatic heterocycles. The van der Waals surface area contributed by atoms with Gasteiger partial charge in [0.1, 0.15) is 5.76 Å². The Balaban J connectivity index is 2.14. The van der Waals surface area contributed by atoms with Crippen LogP contribution in [0, 0.1) is 0 Å². The summed E-state index contributed by atoms with van der Waals surface area (Å²) in [5, 5.41) is 11.7. The highest BCUT2D eigenvalue weighted by molar-refractivity contribution is 6.46. The molecule has 2 aromatic rings. The largest absolute Gasteiger partial charge is 0.507 e. The molecule has 0 aromatic heterocycles. The first-order valence-electron chi connectivity index (χ1n) is 11.4. The van der Waals surface area contributed by atoms with Gasteiger partial charge in [0.2, 0.25) is 0 Å². The first-order chi connectivity index (χ1) is 16.4. The molecule has 1 N–H and O–H groups in total. The van der Waals surface area contributed by atoms with Crippen molar-refractivity contribution in [3.8, 4) is 11.5 Å². The normalized spacial score (nSPS) is 17.5. The van der Waals surface area contributed by atoms with E-state index in [1.54, 1.807) is 42.5 Å². The molecule has 0 aliphatic carbocycles. The van der Waals surface area contributed by atoms with Gasteiger partial charge in [-0.15, -0.1) is 0 Å². The van der Waals surface area contributed by atoms with Crippen LogP contribution in [0.2, 0.25) is 5.02 Å². The van der Waals surface area contributed by atoms with E-state index in [4.69, 9.17) is 21.1 Å². The lowest BCUT2D eigenvalue weighted by atomic mass is 9.95. The Morgan fingerprint density at radius 1 is 1.06 bits per heavy atom. The molecule has 1 aliphatic rings. The molecular weight excluding hydrogens is 456 g/mol. The van der Waals surface area contributed by atoms with E-state index in [0.717, 1.165) is 13.1 Å². The minimum absolute atomic E-state index is 0.0399. The zero-order valence-electron chi connectivity index (χ0n) is 20.0. The van der Waals surface area contributed by atoms with Crippen molar-refractivity contribution in [2.45, 2.75) is 26.8 Å². The lowest BCUT2D eigenvalue weighted by Gasteiger charge is -2.28. The molecule has 1 heterocycles. The van der Waals surface area contributed by atoms with E-state index in [0.29, 0.717) is 47.3 Å². The molecule has 1 atom stereocenters. The van der Waals surface area contributed by atoms with E-state index < -0.39 is 17.7 Å². The van der Waals surface area contributed by atoms with Crippen LogP contribution < -0.4 is 9.47 Å². The van der Waals surface area contributed by atoms with Crippen molar-refractivity contribution in [3.05, 3.63) is 64.2 Å². The number of hydrogen-bond acceptors (Lipinski definition) is 6. The summed E-state index contributed by atoms with van der Waals surface area (Å²) in [6.07, 6.45) is 0. The average molecular weight is 487 g/mol. The fourth-order valence-electron chi connectivity index (χ4n) is 4.14. The molecule has 3 rings (SSSR count). The number of rotatable bonds is 10. The highest BCUT2D eigenvalue weighted by Gasteiger charge is 2.46. The van der Waals surface area contributed by atoms with Crippen molar-refractivity contribution in [2.75, 3.05) is 39.9 Å². The molecule has 1 amide bonds. The smallest absolute Gasteiger partial charge is 0.295 e. The van der Waals surface area contributed by atoms with Crippen LogP contribution in [-0.2, 0) is 9.59 Å². The van der Waals surface area contributed by atoms with E-state index in [-0.39, 0.29) is 11.3 Å². The maximum Gasteiger partial charge on any atom is 0.295 e. The number of benzene rings is 2. The Bertz CT molecular complexity index is 1060. The van der Waals surface area contributed by atoms with E-state index in [1.165, 1.54) is 12.0 Å². The van der Waals surface area contributed by atoms with Crippen molar-refractivity contribution in [1.82, 2.24) is 9.80 Å². The summed E-state index contributed by atoms with van der Waals surface area (Å²) in [4.78, 5) is 30.0. The fraction of sp³-hybridized carbons (Fsp3) is 0.385. The number of aliphatic hydroxyl groups is 1. The molecule has 0 bridgehead atoms. The topological polar surface area (TPSA) is 79.3 Å². The number of nitrogens with zero attached hydrogens (tertiary/aromatic N) is 2. The van der Waals surface area contributed by atoms with Gasteiger partial charge in [0, 0.05) is 23.7 Å². The molecule has 0 radical (unpaired) electrons. The average Bonchev–Trinajstić information content (AvgIpc) is 3.10. The van der Waals surface area contributed by atoms with Gasteiger partial charge < -0.3 is 24.4 Å². The first kappa shape index (κ1) is 25.6. The minimum Gasteiger partial charge on any atom is -0.507 e. The number of aliphatic hydroxyl groups excluding tert-OH is 1. The van der Waals surface area contributed by atoms with E-state index >= 15 is 0 Å². The van der Waals surface area contributed by atoms with E-state index in [1.807, 2.05) is 20.8 Å². The molecule has 1 saturated heterocycles. The molecular formula is C26H31ClN2O5. The summed E-state index contributed by atoms with van der Waals surface area (Å²) < 4.78 is 11.1. The third-order valence-electron chi connectivity index (χ3n) is 6.01. The van der Waals surface area contributed by atoms with Gasteiger partial charge in [0.05, 0.1) is 25.3 Å². The van der Waals surface area contributed by atoms with Gasteiger partial charge in [-0.05, 0) is 62.0 Å². The number of ether oxygens (including phenoxy) is 2. The highest BCUT2D eigenvalue weighted by Crippen LogP contribution is 2.42. The lowest BCUT2D eigenvalue weighted by Crippen LogP contribution is -2.38. The van der Waals surface area contributed by atoms with Crippen LogP contribution in [0.1, 0.15) is 37.9 Å². The van der Waals surface area contributed by atoms with Crippen LogP contribution in [0.25, 0.3) is 5.76 Å². The number of hydrogen-bond donors (Lipinski definition) is 1. The number of methoxy groups -OCH3 is 1. The molecule has 34 heavy (non-hydrogen) atoms. The van der Waals surface area contributed by atoms with Crippen molar-refractivity contribution < 1.29 is 24.2 Å². The molecule has 0 spiro atoms. The summed E-state index contributed by atoms with van der Waals surface area (Å²) >= 11 is 5.99. The predicted octanol–water partition coefficient (Wildman–Crippen LogP) is 4.51. The van der Waals surface area contributed by atoms with Crippen LogP contribution >= 0.6 is 11.6 Å². The Kier molecular flexibility index (Phi) is 8.58. The molecule has 7 nitrogen and oxygen atoms in total. The zero-order valence-corrected chi connectivity index (χ0v) is 20.8. The van der Waals surface area contributed by atoms with Gasteiger partial charge in [-0.25, -0.2) is 0 Å². The second-order valence-electron chi connectivity index (χ2n) is 7.87. The van der Waals surface area contributed by atoms with Gasteiger partial charge in [0.15, 0.2) is 11.5 Å². The summed E-state index contributed by atoms with van der Waals surface area (Å²) in [6.45, 7) is 9.03. The first-order valence-corrected chi connectivity index (χ1v) is 11.8. The molecule has 2 aromatic carbocycles. The maximum atomic E-state index is 13.2. The van der Waals surface area contributed by atoms with Gasteiger partial charge in [-0.2, -0.15) is 0 Å². The van der Waals surface area contributed by atoms with Crippen molar-refractivity contribution in [3.63, 3.8) is 0 Å². The number of likely N-dealkylation sites (tertiary alicyclic amines) is 1. The van der Waals surface area contributed by atoms with Crippen molar-refractivity contribution >= 4 is 29.1 Å². The Labute approximate surface area is 205 Å². The molecule has 0 unspecified atom stereocenters. The lowest BCUT2D eigenvalue weighted by molar-refractivity contribution is -0.140.